The van der Waals surface area contributed by atoms with Crippen LogP contribution in [0, 0.1) is 0 Å². The summed E-state index contributed by atoms with van der Waals surface area (Å²) < 4.78 is 5.39. The Morgan fingerprint density at radius 1 is 1.43 bits per heavy atom. The highest BCUT2D eigenvalue weighted by molar-refractivity contribution is 6.30. The minimum absolute atomic E-state index is 0. The molecule has 7 heteroatoms. The molecule has 1 aromatic rings. The first-order chi connectivity index (χ1) is 10.5. The van der Waals surface area contributed by atoms with Gasteiger partial charge in [0.2, 0.25) is 0 Å². The Bertz CT molecular complexity index is 520. The van der Waals surface area contributed by atoms with E-state index in [0.29, 0.717) is 11.1 Å². The monoisotopic (exact) mass is 362 g/mol. The zero-order valence-corrected chi connectivity index (χ0v) is 15.1. The molecular formula is C16H24Cl2N2O3. The lowest BCUT2D eigenvalue weighted by Gasteiger charge is -2.36. The number of aliphatic carboxylic acids is 1. The molecule has 1 heterocycles. The summed E-state index contributed by atoms with van der Waals surface area (Å²) in [6.45, 7) is 2.81. The highest BCUT2D eigenvalue weighted by Gasteiger charge is 2.24. The first kappa shape index (κ1) is 20.0. The van der Waals surface area contributed by atoms with E-state index in [9.17, 15) is 4.79 Å². The number of nitrogens with zero attached hydrogens (tertiary/aromatic N) is 2. The number of halogens is 2. The van der Waals surface area contributed by atoms with Crippen molar-refractivity contribution in [2.45, 2.75) is 25.4 Å². The molecule has 1 N–H and O–H groups in total. The van der Waals surface area contributed by atoms with Gasteiger partial charge in [0.05, 0.1) is 13.7 Å². The summed E-state index contributed by atoms with van der Waals surface area (Å²) in [6, 6.07) is 6.01. The van der Waals surface area contributed by atoms with Gasteiger partial charge in [-0.15, -0.1) is 12.4 Å². The molecule has 0 spiro atoms. The Morgan fingerprint density at radius 2 is 2.09 bits per heavy atom. The SMILES string of the molecule is COc1ccc(Cl)cc1CN1CCC(N(C)CC(=O)O)CC1.Cl. The van der Waals surface area contributed by atoms with Crippen LogP contribution in [-0.2, 0) is 11.3 Å². The molecule has 0 bridgehead atoms. The zero-order valence-electron chi connectivity index (χ0n) is 13.5. The lowest BCUT2D eigenvalue weighted by Crippen LogP contribution is -2.44. The molecule has 1 aliphatic rings. The molecule has 2 rings (SSSR count). The van der Waals surface area contributed by atoms with Crippen molar-refractivity contribution in [1.82, 2.24) is 9.80 Å². The summed E-state index contributed by atoms with van der Waals surface area (Å²) in [6.07, 6.45) is 1.96. The molecule has 130 valence electrons. The molecule has 5 nitrogen and oxygen atoms in total. The van der Waals surface area contributed by atoms with E-state index in [-0.39, 0.29) is 19.0 Å². The van der Waals surface area contributed by atoms with Gasteiger partial charge in [0, 0.05) is 23.2 Å². The second-order valence-corrected chi connectivity index (χ2v) is 6.21. The van der Waals surface area contributed by atoms with Gasteiger partial charge < -0.3 is 9.84 Å². The fourth-order valence-corrected chi connectivity index (χ4v) is 3.17. The number of benzene rings is 1. The molecular weight excluding hydrogens is 339 g/mol. The van der Waals surface area contributed by atoms with Crippen molar-refractivity contribution in [2.75, 3.05) is 33.8 Å². The third-order valence-electron chi connectivity index (χ3n) is 4.20. The van der Waals surface area contributed by atoms with E-state index in [0.717, 1.165) is 43.8 Å². The molecule has 23 heavy (non-hydrogen) atoms. The van der Waals surface area contributed by atoms with Gasteiger partial charge in [-0.05, 0) is 51.2 Å². The van der Waals surface area contributed by atoms with E-state index < -0.39 is 5.97 Å². The molecule has 0 saturated carbocycles. The molecule has 0 unspecified atom stereocenters. The van der Waals surface area contributed by atoms with Crippen LogP contribution in [0.3, 0.4) is 0 Å². The quantitative estimate of drug-likeness (QED) is 0.842. The van der Waals surface area contributed by atoms with Crippen LogP contribution in [0.2, 0.25) is 5.02 Å². The third kappa shape index (κ3) is 5.84. The minimum atomic E-state index is -0.770. The van der Waals surface area contributed by atoms with Crippen LogP contribution in [0.4, 0.5) is 0 Å². The molecule has 0 amide bonds. The molecule has 1 fully saturated rings. The van der Waals surface area contributed by atoms with E-state index >= 15 is 0 Å². The van der Waals surface area contributed by atoms with Crippen LogP contribution < -0.4 is 4.74 Å². The number of methoxy groups -OCH3 is 1. The maximum absolute atomic E-state index is 10.8. The van der Waals surface area contributed by atoms with E-state index in [1.165, 1.54) is 0 Å². The minimum Gasteiger partial charge on any atom is -0.496 e. The Hall–Kier alpha value is -1.01. The predicted molar refractivity (Wildman–Crippen MR) is 93.8 cm³/mol. The molecule has 0 aromatic heterocycles. The predicted octanol–water partition coefficient (Wildman–Crippen LogP) is 2.75. The highest BCUT2D eigenvalue weighted by Crippen LogP contribution is 2.25. The molecule has 0 aliphatic carbocycles. The summed E-state index contributed by atoms with van der Waals surface area (Å²) in [5.41, 5.74) is 1.09. The van der Waals surface area contributed by atoms with Crippen molar-refractivity contribution in [3.8, 4) is 5.75 Å². The summed E-state index contributed by atoms with van der Waals surface area (Å²) >= 11 is 6.07. The Labute approximate surface area is 148 Å². The van der Waals surface area contributed by atoms with E-state index in [4.69, 9.17) is 21.4 Å². The number of likely N-dealkylation sites (tertiary alicyclic amines) is 1. The van der Waals surface area contributed by atoms with E-state index in [2.05, 4.69) is 4.90 Å². The van der Waals surface area contributed by atoms with Gasteiger partial charge in [-0.25, -0.2) is 0 Å². The molecule has 0 radical (unpaired) electrons. The smallest absolute Gasteiger partial charge is 0.317 e. The van der Waals surface area contributed by atoms with E-state index in [1.807, 2.05) is 30.1 Å². The Balaban J connectivity index is 0.00000264. The number of hydrogen-bond acceptors (Lipinski definition) is 4. The van der Waals surface area contributed by atoms with Crippen LogP contribution in [-0.4, -0.2) is 60.7 Å². The first-order valence-electron chi connectivity index (χ1n) is 7.46. The van der Waals surface area contributed by atoms with Crippen LogP contribution >= 0.6 is 24.0 Å². The fraction of sp³-hybridized carbons (Fsp3) is 0.562. The summed E-state index contributed by atoms with van der Waals surface area (Å²) in [5, 5.41) is 9.58. The molecule has 0 atom stereocenters. The molecule has 1 aromatic carbocycles. The Kier molecular flexibility index (Phi) is 8.12. The number of carboxylic acids is 1. The van der Waals surface area contributed by atoms with Crippen molar-refractivity contribution < 1.29 is 14.6 Å². The van der Waals surface area contributed by atoms with Crippen LogP contribution in [0.25, 0.3) is 0 Å². The van der Waals surface area contributed by atoms with Gasteiger partial charge in [0.1, 0.15) is 5.75 Å². The van der Waals surface area contributed by atoms with Crippen LogP contribution in [0.1, 0.15) is 18.4 Å². The average Bonchev–Trinajstić information content (AvgIpc) is 2.47. The Morgan fingerprint density at radius 3 is 2.65 bits per heavy atom. The first-order valence-corrected chi connectivity index (χ1v) is 7.84. The third-order valence-corrected chi connectivity index (χ3v) is 4.44. The number of carboxylic acid groups (broad SMARTS) is 1. The molecule has 1 aliphatic heterocycles. The lowest BCUT2D eigenvalue weighted by molar-refractivity contribution is -0.138. The van der Waals surface area contributed by atoms with Gasteiger partial charge in [-0.1, -0.05) is 11.6 Å². The maximum atomic E-state index is 10.8. The topological polar surface area (TPSA) is 53.0 Å². The summed E-state index contributed by atoms with van der Waals surface area (Å²) in [5.74, 6) is 0.0862. The van der Waals surface area contributed by atoms with Crippen molar-refractivity contribution >= 4 is 30.0 Å². The van der Waals surface area contributed by atoms with Crippen LogP contribution in [0.15, 0.2) is 18.2 Å². The van der Waals surface area contributed by atoms with Crippen molar-refractivity contribution in [1.29, 1.82) is 0 Å². The highest BCUT2D eigenvalue weighted by atomic mass is 35.5. The maximum Gasteiger partial charge on any atom is 0.317 e. The van der Waals surface area contributed by atoms with Gasteiger partial charge in [-0.2, -0.15) is 0 Å². The number of rotatable bonds is 6. The van der Waals surface area contributed by atoms with Gasteiger partial charge >= 0.3 is 5.97 Å². The van der Waals surface area contributed by atoms with Gasteiger partial charge in [-0.3, -0.25) is 14.6 Å². The average molecular weight is 363 g/mol. The second-order valence-electron chi connectivity index (χ2n) is 5.77. The van der Waals surface area contributed by atoms with Crippen molar-refractivity contribution in [3.05, 3.63) is 28.8 Å². The number of carbonyl (C=O) groups is 1. The van der Waals surface area contributed by atoms with Crippen LogP contribution in [0.5, 0.6) is 5.75 Å². The largest absolute Gasteiger partial charge is 0.496 e. The number of likely N-dealkylation sites (N-methyl/N-ethyl adjacent to an activating group) is 1. The number of hydrogen-bond donors (Lipinski definition) is 1. The standard InChI is InChI=1S/C16H23ClN2O3.ClH/c1-18(11-16(20)21)14-5-7-19(8-6-14)10-12-9-13(17)3-4-15(12)22-2;/h3-4,9,14H,5-8,10-11H2,1-2H3,(H,20,21);1H. The zero-order chi connectivity index (χ0) is 16.1. The summed E-state index contributed by atoms with van der Waals surface area (Å²) in [7, 11) is 3.55. The van der Waals surface area contributed by atoms with Gasteiger partial charge in [0.25, 0.3) is 0 Å². The lowest BCUT2D eigenvalue weighted by atomic mass is 10.0. The fourth-order valence-electron chi connectivity index (χ4n) is 2.97. The van der Waals surface area contributed by atoms with Gasteiger partial charge in [0.15, 0.2) is 0 Å². The van der Waals surface area contributed by atoms with Crippen molar-refractivity contribution in [3.63, 3.8) is 0 Å². The number of piperidine rings is 1. The second kappa shape index (κ2) is 9.33. The van der Waals surface area contributed by atoms with E-state index in [1.54, 1.807) is 7.11 Å². The molecule has 1 saturated heterocycles. The van der Waals surface area contributed by atoms with Crippen molar-refractivity contribution in [2.24, 2.45) is 0 Å². The normalized spacial score (nSPS) is 16.2. The number of ether oxygens (including phenoxy) is 1. The summed E-state index contributed by atoms with van der Waals surface area (Å²) in [4.78, 5) is 15.1.